The van der Waals surface area contributed by atoms with Crippen molar-refractivity contribution in [2.75, 3.05) is 32.7 Å². The molecule has 5 heteroatoms. The molecule has 0 unspecified atom stereocenters. The van der Waals surface area contributed by atoms with Gasteiger partial charge in [0.15, 0.2) is 0 Å². The summed E-state index contributed by atoms with van der Waals surface area (Å²) in [7, 11) is 0. The van der Waals surface area contributed by atoms with Gasteiger partial charge in [0.05, 0.1) is 18.1 Å². The monoisotopic (exact) mass is 290 g/mol. The smallest absolute Gasteiger partial charge is 0.223 e. The van der Waals surface area contributed by atoms with Crippen LogP contribution in [0.1, 0.15) is 40.0 Å². The van der Waals surface area contributed by atoms with Crippen molar-refractivity contribution in [3.8, 4) is 12.1 Å². The van der Waals surface area contributed by atoms with Gasteiger partial charge in [-0.25, -0.2) is 0 Å². The van der Waals surface area contributed by atoms with E-state index >= 15 is 0 Å². The highest BCUT2D eigenvalue weighted by atomic mass is 16.2. The first-order valence-electron chi connectivity index (χ1n) is 7.62. The first-order chi connectivity index (χ1) is 9.85. The molecule has 0 aromatic carbocycles. The second kappa shape index (κ2) is 8.00. The highest BCUT2D eigenvalue weighted by molar-refractivity contribution is 5.76. The van der Waals surface area contributed by atoms with E-state index in [0.29, 0.717) is 25.8 Å². The molecule has 1 aliphatic rings. The second-order valence-corrected chi connectivity index (χ2v) is 6.94. The molecule has 0 aliphatic carbocycles. The minimum absolute atomic E-state index is 0.0252. The van der Waals surface area contributed by atoms with Crippen molar-refractivity contribution < 1.29 is 4.79 Å². The van der Waals surface area contributed by atoms with Gasteiger partial charge in [0.25, 0.3) is 0 Å². The molecule has 0 spiro atoms. The van der Waals surface area contributed by atoms with Gasteiger partial charge < -0.3 is 4.90 Å². The van der Waals surface area contributed by atoms with E-state index in [2.05, 4.69) is 37.8 Å². The molecular formula is C16H26N4O. The highest BCUT2D eigenvalue weighted by Gasteiger charge is 2.25. The third-order valence-electron chi connectivity index (χ3n) is 3.67. The summed E-state index contributed by atoms with van der Waals surface area (Å²) in [5.74, 6) is 0.143. The maximum atomic E-state index is 12.2. The van der Waals surface area contributed by atoms with Gasteiger partial charge in [-0.05, 0) is 11.8 Å². The predicted molar refractivity (Wildman–Crippen MR) is 81.0 cm³/mol. The molecule has 116 valence electrons. The molecule has 5 nitrogen and oxygen atoms in total. The van der Waals surface area contributed by atoms with Gasteiger partial charge in [-0.15, -0.1) is 0 Å². The van der Waals surface area contributed by atoms with E-state index in [1.165, 1.54) is 0 Å². The van der Waals surface area contributed by atoms with Crippen LogP contribution >= 0.6 is 0 Å². The molecule has 1 fully saturated rings. The van der Waals surface area contributed by atoms with Gasteiger partial charge in [-0.3, -0.25) is 9.69 Å². The average Bonchev–Trinajstić information content (AvgIpc) is 2.42. The molecule has 1 aliphatic heterocycles. The summed E-state index contributed by atoms with van der Waals surface area (Å²) in [6.07, 6.45) is 1.65. The molecule has 1 heterocycles. The van der Waals surface area contributed by atoms with E-state index in [0.717, 1.165) is 26.2 Å². The minimum Gasteiger partial charge on any atom is -0.340 e. The summed E-state index contributed by atoms with van der Waals surface area (Å²) < 4.78 is 0. The van der Waals surface area contributed by atoms with Crippen LogP contribution in [-0.2, 0) is 4.79 Å². The number of carbonyl (C=O) groups is 1. The molecule has 1 amide bonds. The van der Waals surface area contributed by atoms with E-state index in [4.69, 9.17) is 10.5 Å². The Morgan fingerprint density at radius 3 is 2.29 bits per heavy atom. The van der Waals surface area contributed by atoms with Crippen molar-refractivity contribution >= 4 is 5.91 Å². The molecular weight excluding hydrogens is 264 g/mol. The number of piperazine rings is 1. The number of nitrogens with zero attached hydrogens (tertiary/aromatic N) is 4. The fourth-order valence-electron chi connectivity index (χ4n) is 2.49. The van der Waals surface area contributed by atoms with Crippen LogP contribution in [-0.4, -0.2) is 48.4 Å². The van der Waals surface area contributed by atoms with Gasteiger partial charge in [0.1, 0.15) is 0 Å². The molecule has 1 saturated heterocycles. The molecule has 0 aromatic heterocycles. The van der Waals surface area contributed by atoms with E-state index < -0.39 is 0 Å². The van der Waals surface area contributed by atoms with Gasteiger partial charge in [0.2, 0.25) is 5.91 Å². The normalized spacial score (nSPS) is 17.9. The summed E-state index contributed by atoms with van der Waals surface area (Å²) >= 11 is 0. The Balaban J connectivity index is 2.37. The lowest BCUT2D eigenvalue weighted by molar-refractivity contribution is -0.134. The molecule has 0 bridgehead atoms. The van der Waals surface area contributed by atoms with E-state index in [1.807, 2.05) is 4.90 Å². The van der Waals surface area contributed by atoms with E-state index in [-0.39, 0.29) is 17.2 Å². The topological polar surface area (TPSA) is 71.1 Å². The highest BCUT2D eigenvalue weighted by Crippen LogP contribution is 2.20. The van der Waals surface area contributed by atoms with Gasteiger partial charge in [-0.1, -0.05) is 20.8 Å². The summed E-state index contributed by atoms with van der Waals surface area (Å²) in [6.45, 7) is 10.1. The van der Waals surface area contributed by atoms with Crippen LogP contribution < -0.4 is 0 Å². The number of nitriles is 2. The molecule has 1 atom stereocenters. The maximum absolute atomic E-state index is 12.2. The number of hydrogen-bond donors (Lipinski definition) is 0. The van der Waals surface area contributed by atoms with E-state index in [1.54, 1.807) is 0 Å². The molecule has 0 N–H and O–H groups in total. The van der Waals surface area contributed by atoms with Crippen molar-refractivity contribution in [3.05, 3.63) is 0 Å². The number of rotatable bonds is 5. The average molecular weight is 290 g/mol. The van der Waals surface area contributed by atoms with Crippen LogP contribution in [0.15, 0.2) is 0 Å². The third-order valence-corrected chi connectivity index (χ3v) is 3.67. The summed E-state index contributed by atoms with van der Waals surface area (Å²) in [6, 6.07) is 4.37. The van der Waals surface area contributed by atoms with Crippen molar-refractivity contribution in [2.24, 2.45) is 11.3 Å². The Labute approximate surface area is 128 Å². The zero-order valence-corrected chi connectivity index (χ0v) is 13.4. The van der Waals surface area contributed by atoms with Crippen LogP contribution in [0.2, 0.25) is 0 Å². The fourth-order valence-corrected chi connectivity index (χ4v) is 2.49. The maximum Gasteiger partial charge on any atom is 0.223 e. The summed E-state index contributed by atoms with van der Waals surface area (Å²) in [5, 5.41) is 17.7. The molecule has 0 radical (unpaired) electrons. The number of carbonyl (C=O) groups excluding carboxylic acids is 1. The van der Waals surface area contributed by atoms with Crippen molar-refractivity contribution in [1.82, 2.24) is 9.80 Å². The van der Waals surface area contributed by atoms with Gasteiger partial charge in [0, 0.05) is 45.6 Å². The van der Waals surface area contributed by atoms with Crippen LogP contribution in [0.4, 0.5) is 0 Å². The SMILES string of the molecule is CC(C)(C)CC(=O)N1CCN(C[C@@H](C#N)CCC#N)CC1. The second-order valence-electron chi connectivity index (χ2n) is 6.94. The van der Waals surface area contributed by atoms with Crippen LogP contribution in [0.5, 0.6) is 0 Å². The van der Waals surface area contributed by atoms with Gasteiger partial charge in [-0.2, -0.15) is 10.5 Å². The Morgan fingerprint density at radius 2 is 1.81 bits per heavy atom. The van der Waals surface area contributed by atoms with Gasteiger partial charge >= 0.3 is 0 Å². The lowest BCUT2D eigenvalue weighted by Crippen LogP contribution is -2.50. The minimum atomic E-state index is -0.0820. The van der Waals surface area contributed by atoms with Crippen LogP contribution in [0, 0.1) is 34.0 Å². The predicted octanol–water partition coefficient (Wildman–Crippen LogP) is 2.01. The van der Waals surface area contributed by atoms with E-state index in [9.17, 15) is 4.79 Å². The largest absolute Gasteiger partial charge is 0.340 e. The van der Waals surface area contributed by atoms with Crippen LogP contribution in [0.25, 0.3) is 0 Å². The molecule has 1 rings (SSSR count). The van der Waals surface area contributed by atoms with Crippen molar-refractivity contribution in [3.63, 3.8) is 0 Å². The Bertz CT molecular complexity index is 419. The zero-order chi connectivity index (χ0) is 15.9. The number of amides is 1. The standard InChI is InChI=1S/C16H26N4O/c1-16(2,3)11-15(21)20-9-7-19(8-10-20)13-14(12-18)5-4-6-17/h14H,4-5,7-11,13H2,1-3H3/t14-/m1/s1. The third kappa shape index (κ3) is 6.60. The van der Waals surface area contributed by atoms with Crippen molar-refractivity contribution in [1.29, 1.82) is 10.5 Å². The Morgan fingerprint density at radius 1 is 1.19 bits per heavy atom. The fraction of sp³-hybridized carbons (Fsp3) is 0.812. The summed E-state index contributed by atoms with van der Waals surface area (Å²) in [5.41, 5.74) is 0.0252. The molecule has 0 aromatic rings. The first kappa shape index (κ1) is 17.5. The quantitative estimate of drug-likeness (QED) is 0.776. The van der Waals surface area contributed by atoms with Crippen LogP contribution in [0.3, 0.4) is 0 Å². The molecule has 0 saturated carbocycles. The first-order valence-corrected chi connectivity index (χ1v) is 7.62. The lowest BCUT2D eigenvalue weighted by atomic mass is 9.91. The Kier molecular flexibility index (Phi) is 6.65. The van der Waals surface area contributed by atoms with Crippen molar-refractivity contribution in [2.45, 2.75) is 40.0 Å². The lowest BCUT2D eigenvalue weighted by Gasteiger charge is -2.36. The zero-order valence-electron chi connectivity index (χ0n) is 13.4. The molecule has 21 heavy (non-hydrogen) atoms. The summed E-state index contributed by atoms with van der Waals surface area (Å²) in [4.78, 5) is 16.3. The number of hydrogen-bond acceptors (Lipinski definition) is 4. The Hall–Kier alpha value is -1.59.